The number of hydrogen-bond acceptors (Lipinski definition) is 4. The van der Waals surface area contributed by atoms with E-state index in [0.29, 0.717) is 22.2 Å². The maximum absolute atomic E-state index is 9.34. The van der Waals surface area contributed by atoms with Crippen LogP contribution in [-0.4, -0.2) is 15.0 Å². The van der Waals surface area contributed by atoms with E-state index in [2.05, 4.69) is 97.1 Å². The lowest BCUT2D eigenvalue weighted by Gasteiger charge is -2.57. The Hall–Kier alpha value is -5.14. The molecule has 8 saturated carbocycles. The van der Waals surface area contributed by atoms with Gasteiger partial charge in [0.1, 0.15) is 0 Å². The molecule has 8 fully saturated rings. The molecule has 0 radical (unpaired) electrons. The minimum absolute atomic E-state index is 0.369. The van der Waals surface area contributed by atoms with E-state index in [1.165, 1.54) is 88.2 Å². The molecule has 5 aromatic carbocycles. The van der Waals surface area contributed by atoms with Crippen molar-refractivity contribution in [1.29, 1.82) is 5.26 Å². The van der Waals surface area contributed by atoms with Gasteiger partial charge in [0.25, 0.3) is 0 Å². The first kappa shape index (κ1) is 33.0. The Morgan fingerprint density at radius 2 is 0.732 bits per heavy atom. The van der Waals surface area contributed by atoms with Crippen LogP contribution in [0.15, 0.2) is 109 Å². The van der Waals surface area contributed by atoms with Gasteiger partial charge in [-0.2, -0.15) is 5.26 Å². The number of nitrogens with zero attached hydrogens (tertiary/aromatic N) is 4. The Kier molecular flexibility index (Phi) is 7.33. The predicted octanol–water partition coefficient (Wildman–Crippen LogP) is 12.5. The van der Waals surface area contributed by atoms with Crippen molar-refractivity contribution in [3.8, 4) is 51.4 Å². The first-order valence-electron chi connectivity index (χ1n) is 21.5. The van der Waals surface area contributed by atoms with Crippen molar-refractivity contribution in [3.05, 3.63) is 126 Å². The maximum atomic E-state index is 9.34. The predicted molar refractivity (Wildman–Crippen MR) is 223 cm³/mol. The highest BCUT2D eigenvalue weighted by molar-refractivity contribution is 5.88. The van der Waals surface area contributed by atoms with Crippen molar-refractivity contribution < 1.29 is 0 Å². The molecule has 0 N–H and O–H groups in total. The fourth-order valence-corrected chi connectivity index (χ4v) is 13.9. The summed E-state index contributed by atoms with van der Waals surface area (Å²) in [6.45, 7) is 0. The van der Waals surface area contributed by atoms with Crippen molar-refractivity contribution in [1.82, 2.24) is 15.0 Å². The van der Waals surface area contributed by atoms with E-state index in [1.54, 1.807) is 0 Å². The molecule has 0 saturated heterocycles. The largest absolute Gasteiger partial charge is 0.208 e. The Morgan fingerprint density at radius 1 is 0.393 bits per heavy atom. The van der Waals surface area contributed by atoms with Gasteiger partial charge in [0.15, 0.2) is 17.5 Å². The van der Waals surface area contributed by atoms with Crippen LogP contribution in [0.4, 0.5) is 0 Å². The first-order valence-corrected chi connectivity index (χ1v) is 21.5. The van der Waals surface area contributed by atoms with Crippen LogP contribution in [0.2, 0.25) is 0 Å². The smallest absolute Gasteiger partial charge is 0.164 e. The number of benzene rings is 5. The van der Waals surface area contributed by atoms with Crippen LogP contribution in [0.5, 0.6) is 0 Å². The average Bonchev–Trinajstić information content (AvgIpc) is 3.22. The third-order valence-electron chi connectivity index (χ3n) is 15.7. The Labute approximate surface area is 330 Å². The van der Waals surface area contributed by atoms with Gasteiger partial charge in [0, 0.05) is 16.7 Å². The molecule has 0 amide bonds. The van der Waals surface area contributed by atoms with E-state index in [-0.39, 0.29) is 0 Å². The molecule has 4 heteroatoms. The quantitative estimate of drug-likeness (QED) is 0.171. The molecule has 8 aliphatic rings. The molecule has 0 aliphatic heterocycles. The van der Waals surface area contributed by atoms with E-state index >= 15 is 0 Å². The third kappa shape index (κ3) is 5.48. The number of fused-ring (bicyclic) bond motifs is 1. The van der Waals surface area contributed by atoms with Crippen molar-refractivity contribution in [2.24, 2.45) is 35.5 Å². The zero-order chi connectivity index (χ0) is 37.0. The van der Waals surface area contributed by atoms with Gasteiger partial charge in [-0.25, -0.2) is 15.0 Å². The summed E-state index contributed by atoms with van der Waals surface area (Å²) in [5, 5.41) is 11.5. The van der Waals surface area contributed by atoms with Crippen molar-refractivity contribution in [2.75, 3.05) is 0 Å². The topological polar surface area (TPSA) is 62.5 Å². The Morgan fingerprint density at radius 3 is 1.14 bits per heavy atom. The van der Waals surface area contributed by atoms with Crippen LogP contribution in [0, 0.1) is 46.8 Å². The lowest BCUT2D eigenvalue weighted by Crippen LogP contribution is -2.48. The third-order valence-corrected chi connectivity index (χ3v) is 15.7. The van der Waals surface area contributed by atoms with E-state index in [9.17, 15) is 5.26 Å². The van der Waals surface area contributed by atoms with Gasteiger partial charge in [-0.15, -0.1) is 0 Å². The molecule has 276 valence electrons. The second-order valence-electron chi connectivity index (χ2n) is 19.3. The summed E-state index contributed by atoms with van der Waals surface area (Å²) < 4.78 is 0. The van der Waals surface area contributed by atoms with E-state index < -0.39 is 0 Å². The second kappa shape index (κ2) is 12.4. The Bertz CT molecular complexity index is 2360. The molecule has 56 heavy (non-hydrogen) atoms. The van der Waals surface area contributed by atoms with Gasteiger partial charge in [-0.3, -0.25) is 0 Å². The maximum Gasteiger partial charge on any atom is 0.164 e. The molecule has 0 unspecified atom stereocenters. The van der Waals surface area contributed by atoms with Gasteiger partial charge < -0.3 is 0 Å². The highest BCUT2D eigenvalue weighted by atomic mass is 15.0. The SMILES string of the molecule is N#Cc1ccc2cc(-c3ccc(-c4nc(-c5ccc(C67CC8CC(CC(C8)C6)C7)cc5)nc(-c5ccc(C67CC8CC(CC(C8)C6)C7)cc5)n4)cc3)ccc2c1. The highest BCUT2D eigenvalue weighted by Gasteiger charge is 2.52. The average molecular weight is 729 g/mol. The van der Waals surface area contributed by atoms with Gasteiger partial charge in [-0.05, 0) is 175 Å². The number of nitriles is 1. The summed E-state index contributed by atoms with van der Waals surface area (Å²) in [6, 6.07) is 42.0. The molecule has 8 bridgehead atoms. The molecule has 8 aliphatic carbocycles. The molecule has 1 aromatic heterocycles. The lowest BCUT2D eigenvalue weighted by atomic mass is 9.48. The molecule has 0 spiro atoms. The highest BCUT2D eigenvalue weighted by Crippen LogP contribution is 2.62. The van der Waals surface area contributed by atoms with E-state index in [0.717, 1.165) is 85.7 Å². The van der Waals surface area contributed by atoms with Crippen molar-refractivity contribution >= 4 is 10.8 Å². The lowest BCUT2D eigenvalue weighted by molar-refractivity contribution is -0.00530. The molecule has 1 heterocycles. The summed E-state index contributed by atoms with van der Waals surface area (Å²) in [5.74, 6) is 7.73. The molecule has 4 nitrogen and oxygen atoms in total. The summed E-state index contributed by atoms with van der Waals surface area (Å²) in [7, 11) is 0. The van der Waals surface area contributed by atoms with Crippen LogP contribution in [0.1, 0.15) is 93.7 Å². The van der Waals surface area contributed by atoms with Crippen LogP contribution in [-0.2, 0) is 10.8 Å². The van der Waals surface area contributed by atoms with Crippen LogP contribution in [0.25, 0.3) is 56.1 Å². The van der Waals surface area contributed by atoms with E-state index in [4.69, 9.17) is 15.0 Å². The fraction of sp³-hybridized carbons (Fsp3) is 0.385. The van der Waals surface area contributed by atoms with E-state index in [1.807, 2.05) is 18.2 Å². The minimum atomic E-state index is 0.369. The van der Waals surface area contributed by atoms with Crippen molar-refractivity contribution in [2.45, 2.75) is 87.9 Å². The van der Waals surface area contributed by atoms with Crippen LogP contribution in [0.3, 0.4) is 0 Å². The van der Waals surface area contributed by atoms with Crippen molar-refractivity contribution in [3.63, 3.8) is 0 Å². The standard InChI is InChI=1S/C52H48N4/c53-31-32-1-2-45-24-44(8-7-43(45)23-32)39-3-5-40(6-4-39)48-54-49(41-9-13-46(14-10-41)51-25-33-17-34(26-51)19-35(18-33)27-51)56-50(55-48)42-11-15-47(16-12-42)52-28-36-20-37(29-52)22-38(21-36)30-52/h1-16,23-24,33-38H,17-22,25-30H2. The van der Waals surface area contributed by atoms with Gasteiger partial charge >= 0.3 is 0 Å². The van der Waals surface area contributed by atoms with Gasteiger partial charge in [0.05, 0.1) is 11.6 Å². The minimum Gasteiger partial charge on any atom is -0.208 e. The zero-order valence-electron chi connectivity index (χ0n) is 32.1. The number of hydrogen-bond donors (Lipinski definition) is 0. The molecule has 6 aromatic rings. The summed E-state index contributed by atoms with van der Waals surface area (Å²) >= 11 is 0. The summed E-state index contributed by atoms with van der Waals surface area (Å²) in [6.07, 6.45) is 17.0. The Balaban J connectivity index is 0.896. The second-order valence-corrected chi connectivity index (χ2v) is 19.3. The normalized spacial score (nSPS) is 30.8. The monoisotopic (exact) mass is 728 g/mol. The molecule has 14 rings (SSSR count). The molecular weight excluding hydrogens is 681 g/mol. The molecule has 0 atom stereocenters. The first-order chi connectivity index (χ1) is 27.4. The summed E-state index contributed by atoms with van der Waals surface area (Å²) in [5.41, 5.74) is 9.85. The van der Waals surface area contributed by atoms with Crippen LogP contribution >= 0.6 is 0 Å². The van der Waals surface area contributed by atoms with Gasteiger partial charge in [0.2, 0.25) is 0 Å². The van der Waals surface area contributed by atoms with Gasteiger partial charge in [-0.1, -0.05) is 91.0 Å². The van der Waals surface area contributed by atoms with Crippen LogP contribution < -0.4 is 0 Å². The fourth-order valence-electron chi connectivity index (χ4n) is 13.9. The molecular formula is C52H48N4. The number of aromatic nitrogens is 3. The zero-order valence-corrected chi connectivity index (χ0v) is 32.1. The summed E-state index contributed by atoms with van der Waals surface area (Å²) in [4.78, 5) is 15.6. The number of rotatable bonds is 6.